The van der Waals surface area contributed by atoms with Crippen molar-refractivity contribution < 1.29 is 18.3 Å². The van der Waals surface area contributed by atoms with Gasteiger partial charge in [0, 0.05) is 51.1 Å². The van der Waals surface area contributed by atoms with Gasteiger partial charge >= 0.3 is 0 Å². The number of hydrogen-bond donors (Lipinski definition) is 2. The number of nitrogens with zero attached hydrogens (tertiary/aromatic N) is 4. The normalized spacial score (nSPS) is 25.3. The maximum absolute atomic E-state index is 13.5. The molecule has 2 saturated heterocycles. The molecule has 2 N–H and O–H groups in total. The third-order valence-electron chi connectivity index (χ3n) is 11.4. The molecule has 0 unspecified atom stereocenters. The second-order valence-electron chi connectivity index (χ2n) is 14.6. The Bertz CT molecular complexity index is 1800. The maximum atomic E-state index is 13.5. The van der Waals surface area contributed by atoms with Crippen molar-refractivity contribution >= 4 is 12.0 Å². The molecule has 0 spiro atoms. The molecule has 4 aromatic carbocycles. The predicted octanol–water partition coefficient (Wildman–Crippen LogP) is 5.49. The van der Waals surface area contributed by atoms with Gasteiger partial charge in [0.25, 0.3) is 12.0 Å². The second kappa shape index (κ2) is 14.3. The number of aliphatic imine (C=N–C) groups is 2. The minimum Gasteiger partial charge on any atom is -0.459 e. The quantitative estimate of drug-likeness (QED) is 0.293. The first-order chi connectivity index (χ1) is 25.6. The van der Waals surface area contributed by atoms with Crippen LogP contribution in [0.3, 0.4) is 0 Å². The van der Waals surface area contributed by atoms with Crippen molar-refractivity contribution in [1.29, 1.82) is 0 Å². The second-order valence-corrected chi connectivity index (χ2v) is 14.6. The van der Waals surface area contributed by atoms with Crippen molar-refractivity contribution in [1.82, 2.24) is 20.4 Å². The van der Waals surface area contributed by atoms with Gasteiger partial charge in [-0.15, -0.1) is 0 Å². The lowest BCUT2D eigenvalue weighted by Gasteiger charge is -2.39. The van der Waals surface area contributed by atoms with Gasteiger partial charge in [0.05, 0.1) is 25.2 Å². The van der Waals surface area contributed by atoms with Crippen LogP contribution < -0.4 is 10.6 Å². The molecular weight excluding hydrogens is 658 g/mol. The van der Waals surface area contributed by atoms with Gasteiger partial charge in [-0.25, -0.2) is 18.8 Å². The minimum absolute atomic E-state index is 0.0116. The zero-order valence-electron chi connectivity index (χ0n) is 29.1. The van der Waals surface area contributed by atoms with E-state index in [1.165, 1.54) is 46.5 Å². The molecule has 10 rings (SSSR count). The molecule has 52 heavy (non-hydrogen) atoms. The van der Waals surface area contributed by atoms with Crippen LogP contribution in [0.4, 0.5) is 8.78 Å². The summed E-state index contributed by atoms with van der Waals surface area (Å²) < 4.78 is 39.4. The van der Waals surface area contributed by atoms with Crippen molar-refractivity contribution in [3.8, 4) is 0 Å². The van der Waals surface area contributed by atoms with Crippen LogP contribution in [-0.2, 0) is 22.3 Å². The lowest BCUT2D eigenvalue weighted by molar-refractivity contribution is 0.0908. The van der Waals surface area contributed by atoms with E-state index >= 15 is 0 Å². The zero-order valence-corrected chi connectivity index (χ0v) is 29.1. The first kappa shape index (κ1) is 33.1. The molecule has 10 heteroatoms. The molecule has 2 fully saturated rings. The maximum Gasteiger partial charge on any atom is 0.288 e. The Balaban J connectivity index is 0.000000138. The highest BCUT2D eigenvalue weighted by atomic mass is 19.1. The Morgan fingerprint density at radius 2 is 0.942 bits per heavy atom. The molecule has 268 valence electrons. The summed E-state index contributed by atoms with van der Waals surface area (Å²) in [5.74, 6) is 0.683. The number of nitrogens with one attached hydrogen (secondary N) is 2. The Morgan fingerprint density at radius 1 is 0.538 bits per heavy atom. The van der Waals surface area contributed by atoms with Crippen LogP contribution in [0.1, 0.15) is 45.5 Å². The average Bonchev–Trinajstić information content (AvgIpc) is 3.81. The zero-order chi connectivity index (χ0) is 35.0. The summed E-state index contributed by atoms with van der Waals surface area (Å²) >= 11 is 0. The molecule has 0 aliphatic carbocycles. The smallest absolute Gasteiger partial charge is 0.288 e. The molecule has 6 heterocycles. The van der Waals surface area contributed by atoms with Crippen molar-refractivity contribution in [2.75, 3.05) is 52.4 Å². The Kier molecular flexibility index (Phi) is 9.10. The van der Waals surface area contributed by atoms with E-state index in [0.717, 1.165) is 88.4 Å². The van der Waals surface area contributed by atoms with Crippen LogP contribution >= 0.6 is 0 Å². The fourth-order valence-electron chi connectivity index (χ4n) is 8.27. The van der Waals surface area contributed by atoms with Crippen LogP contribution in [0, 0.1) is 23.5 Å². The lowest BCUT2D eigenvalue weighted by atomic mass is 9.88. The number of fused-ring (bicyclic) bond motifs is 2. The molecule has 6 aliphatic heterocycles. The summed E-state index contributed by atoms with van der Waals surface area (Å²) in [6.45, 7) is 7.22. The number of halogens is 2. The van der Waals surface area contributed by atoms with Crippen molar-refractivity contribution in [3.05, 3.63) is 142 Å². The highest BCUT2D eigenvalue weighted by molar-refractivity contribution is 5.78. The van der Waals surface area contributed by atoms with Crippen LogP contribution in [0.15, 0.2) is 107 Å². The van der Waals surface area contributed by atoms with E-state index < -0.39 is 0 Å². The third kappa shape index (κ3) is 6.43. The molecule has 8 nitrogen and oxygen atoms in total. The first-order valence-corrected chi connectivity index (χ1v) is 18.6. The Labute approximate surface area is 303 Å². The summed E-state index contributed by atoms with van der Waals surface area (Å²) in [4.78, 5) is 14.0. The van der Waals surface area contributed by atoms with Gasteiger partial charge in [0.2, 0.25) is 0 Å². The molecule has 0 bridgehead atoms. The summed E-state index contributed by atoms with van der Waals surface area (Å²) in [6.07, 6.45) is 2.28. The number of ether oxygens (including phenoxy) is 2. The third-order valence-corrected chi connectivity index (χ3v) is 11.4. The molecule has 0 saturated carbocycles. The molecule has 4 atom stereocenters. The SMILES string of the molecule is Fc1ccc([C@H]2c3ccccc3CCN2C2=NC[C@@H](C3CNC3)O2)cc1.Fc1ccc([C@H]2c3ccccc3CCN2C2=NC[C@H](C3CNC3)O2)cc1. The Morgan fingerprint density at radius 3 is 1.33 bits per heavy atom. The van der Waals surface area contributed by atoms with E-state index in [-0.39, 0.29) is 35.9 Å². The van der Waals surface area contributed by atoms with Crippen LogP contribution in [-0.4, -0.2) is 86.4 Å². The number of rotatable bonds is 4. The van der Waals surface area contributed by atoms with E-state index in [4.69, 9.17) is 19.5 Å². The van der Waals surface area contributed by atoms with Gasteiger partial charge < -0.3 is 29.9 Å². The lowest BCUT2D eigenvalue weighted by Crippen LogP contribution is -2.50. The number of hydrogen-bond acceptors (Lipinski definition) is 8. The van der Waals surface area contributed by atoms with Crippen molar-refractivity contribution in [3.63, 3.8) is 0 Å². The largest absolute Gasteiger partial charge is 0.459 e. The van der Waals surface area contributed by atoms with Gasteiger partial charge in [-0.2, -0.15) is 0 Å². The topological polar surface area (TPSA) is 73.7 Å². The van der Waals surface area contributed by atoms with Gasteiger partial charge in [0.15, 0.2) is 0 Å². The van der Waals surface area contributed by atoms with Crippen LogP contribution in [0.5, 0.6) is 0 Å². The number of benzene rings is 4. The van der Waals surface area contributed by atoms with Gasteiger partial charge in [-0.1, -0.05) is 72.8 Å². The molecule has 4 aromatic rings. The first-order valence-electron chi connectivity index (χ1n) is 18.6. The summed E-state index contributed by atoms with van der Waals surface area (Å²) in [7, 11) is 0. The summed E-state index contributed by atoms with van der Waals surface area (Å²) in [5.41, 5.74) is 7.33. The fourth-order valence-corrected chi connectivity index (χ4v) is 8.27. The van der Waals surface area contributed by atoms with Crippen molar-refractivity contribution in [2.24, 2.45) is 21.8 Å². The highest BCUT2D eigenvalue weighted by Crippen LogP contribution is 2.38. The van der Waals surface area contributed by atoms with Gasteiger partial charge in [-0.3, -0.25) is 0 Å². The van der Waals surface area contributed by atoms with Gasteiger partial charge in [0.1, 0.15) is 23.8 Å². The molecule has 0 amide bonds. The van der Waals surface area contributed by atoms with Crippen LogP contribution in [0.2, 0.25) is 0 Å². The van der Waals surface area contributed by atoms with Gasteiger partial charge in [-0.05, 0) is 70.5 Å². The standard InChI is InChI=1S/2C21H22FN3O/c2*22-17-7-5-15(6-8-17)20-18-4-2-1-3-14(18)9-10-25(20)21-24-13-19(26-21)16-11-23-12-16/h2*1-8,16,19-20,23H,9-13H2/t19-,20+;19-,20-/m10/s1. The van der Waals surface area contributed by atoms with Crippen molar-refractivity contribution in [2.45, 2.75) is 37.1 Å². The molecule has 0 radical (unpaired) electrons. The highest BCUT2D eigenvalue weighted by Gasteiger charge is 2.40. The molecule has 6 aliphatic rings. The monoisotopic (exact) mass is 702 g/mol. The summed E-state index contributed by atoms with van der Waals surface area (Å²) in [5, 5.41) is 6.61. The number of amidine groups is 2. The molecule has 0 aromatic heterocycles. The minimum atomic E-state index is -0.212. The van der Waals surface area contributed by atoms with Crippen LogP contribution in [0.25, 0.3) is 0 Å². The fraction of sp³-hybridized carbons (Fsp3) is 0.381. The summed E-state index contributed by atoms with van der Waals surface area (Å²) in [6, 6.07) is 32.1. The van der Waals surface area contributed by atoms with E-state index in [2.05, 4.69) is 69.0 Å². The molecular formula is C42H44F2N6O2. The predicted molar refractivity (Wildman–Crippen MR) is 197 cm³/mol. The van der Waals surface area contributed by atoms with E-state index in [9.17, 15) is 8.78 Å². The Hall–Kier alpha value is -4.80. The van der Waals surface area contributed by atoms with E-state index in [1.807, 2.05) is 24.3 Å². The average molecular weight is 703 g/mol. The van der Waals surface area contributed by atoms with E-state index in [1.54, 1.807) is 0 Å². The van der Waals surface area contributed by atoms with E-state index in [0.29, 0.717) is 11.8 Å².